The first-order valence-electron chi connectivity index (χ1n) is 5.30. The van der Waals surface area contributed by atoms with Crippen LogP contribution >= 0.6 is 0 Å². The van der Waals surface area contributed by atoms with Crippen LogP contribution in [0.25, 0.3) is 0 Å². The van der Waals surface area contributed by atoms with Crippen LogP contribution in [0.5, 0.6) is 0 Å². The molecule has 0 radical (unpaired) electrons. The summed E-state index contributed by atoms with van der Waals surface area (Å²) in [4.78, 5) is 4.79. The molecule has 92 valence electrons. The number of hydrogen-bond donors (Lipinski definition) is 0. The summed E-state index contributed by atoms with van der Waals surface area (Å²) < 4.78 is 36.5. The first-order valence-corrected chi connectivity index (χ1v) is 5.30. The predicted octanol–water partition coefficient (Wildman–Crippen LogP) is 3.44. The van der Waals surface area contributed by atoms with Crippen molar-refractivity contribution in [3.05, 3.63) is 35.4 Å². The minimum Gasteiger partial charge on any atom is -0.391 e. The summed E-state index contributed by atoms with van der Waals surface area (Å²) in [6.45, 7) is 1.95. The number of benzene rings is 1. The summed E-state index contributed by atoms with van der Waals surface area (Å²) in [5.41, 5.74) is 2.50. The highest BCUT2D eigenvalue weighted by molar-refractivity contribution is 6.01. The van der Waals surface area contributed by atoms with E-state index in [1.54, 1.807) is 0 Å². The Morgan fingerprint density at radius 3 is 2.53 bits per heavy atom. The van der Waals surface area contributed by atoms with E-state index in [4.69, 9.17) is 4.84 Å². The van der Waals surface area contributed by atoms with Crippen LogP contribution in [0.3, 0.4) is 0 Å². The maximum absolute atomic E-state index is 12.2. The number of alkyl halides is 3. The molecule has 1 aromatic rings. The number of hydrogen-bond acceptors (Lipinski definition) is 2. The SMILES string of the molecule is Cc1ccc(C2=NO[C@H](CC(F)(F)F)C2)cc1. The fraction of sp³-hybridized carbons (Fsp3) is 0.417. The predicted molar refractivity (Wildman–Crippen MR) is 57.9 cm³/mol. The molecule has 5 heteroatoms. The minimum atomic E-state index is -4.21. The Balaban J connectivity index is 2.00. The summed E-state index contributed by atoms with van der Waals surface area (Å²) in [5, 5.41) is 3.72. The standard InChI is InChI=1S/C12H12F3NO/c1-8-2-4-9(5-3-8)11-6-10(17-16-11)7-12(13,14)15/h2-5,10H,6-7H2,1H3/t10-/m0/s1. The van der Waals surface area contributed by atoms with Gasteiger partial charge >= 0.3 is 6.18 Å². The van der Waals surface area contributed by atoms with Gasteiger partial charge in [0.25, 0.3) is 0 Å². The molecular formula is C12H12F3NO. The van der Waals surface area contributed by atoms with E-state index in [-0.39, 0.29) is 6.42 Å². The monoisotopic (exact) mass is 243 g/mol. The van der Waals surface area contributed by atoms with E-state index < -0.39 is 18.7 Å². The van der Waals surface area contributed by atoms with Crippen molar-refractivity contribution in [2.75, 3.05) is 0 Å². The third kappa shape index (κ3) is 3.22. The Kier molecular flexibility index (Phi) is 3.09. The van der Waals surface area contributed by atoms with Gasteiger partial charge in [0, 0.05) is 6.42 Å². The molecule has 0 saturated heterocycles. The Bertz CT molecular complexity index is 422. The third-order valence-electron chi connectivity index (χ3n) is 2.58. The molecule has 0 amide bonds. The van der Waals surface area contributed by atoms with Crippen LogP contribution < -0.4 is 0 Å². The van der Waals surface area contributed by atoms with Gasteiger partial charge in [0.15, 0.2) is 0 Å². The first-order chi connectivity index (χ1) is 7.94. The number of aryl methyl sites for hydroxylation is 1. The lowest BCUT2D eigenvalue weighted by Crippen LogP contribution is -2.19. The minimum absolute atomic E-state index is 0.211. The average molecular weight is 243 g/mol. The van der Waals surface area contributed by atoms with Crippen molar-refractivity contribution in [1.29, 1.82) is 0 Å². The van der Waals surface area contributed by atoms with Crippen LogP contribution in [0.2, 0.25) is 0 Å². The van der Waals surface area contributed by atoms with E-state index in [9.17, 15) is 13.2 Å². The average Bonchev–Trinajstić information content (AvgIpc) is 2.64. The van der Waals surface area contributed by atoms with Crippen LogP contribution in [-0.4, -0.2) is 18.0 Å². The molecule has 17 heavy (non-hydrogen) atoms. The molecule has 0 fully saturated rings. The lowest BCUT2D eigenvalue weighted by Gasteiger charge is -2.10. The van der Waals surface area contributed by atoms with Crippen LogP contribution in [-0.2, 0) is 4.84 Å². The van der Waals surface area contributed by atoms with E-state index in [1.807, 2.05) is 31.2 Å². The fourth-order valence-corrected chi connectivity index (χ4v) is 1.71. The zero-order chi connectivity index (χ0) is 12.5. The van der Waals surface area contributed by atoms with Crippen molar-refractivity contribution in [2.45, 2.75) is 32.0 Å². The van der Waals surface area contributed by atoms with E-state index >= 15 is 0 Å². The van der Waals surface area contributed by atoms with Gasteiger partial charge in [-0.15, -0.1) is 0 Å². The molecule has 0 spiro atoms. The van der Waals surface area contributed by atoms with Crippen molar-refractivity contribution >= 4 is 5.71 Å². The highest BCUT2D eigenvalue weighted by atomic mass is 19.4. The molecule has 0 unspecified atom stereocenters. The molecule has 1 atom stereocenters. The zero-order valence-electron chi connectivity index (χ0n) is 9.29. The lowest BCUT2D eigenvalue weighted by atomic mass is 10.0. The second-order valence-electron chi connectivity index (χ2n) is 4.15. The Morgan fingerprint density at radius 1 is 1.29 bits per heavy atom. The molecule has 1 aliphatic heterocycles. The molecule has 2 nitrogen and oxygen atoms in total. The van der Waals surface area contributed by atoms with E-state index in [0.717, 1.165) is 11.1 Å². The highest BCUT2D eigenvalue weighted by Crippen LogP contribution is 2.28. The first kappa shape index (κ1) is 12.0. The second-order valence-corrected chi connectivity index (χ2v) is 4.15. The van der Waals surface area contributed by atoms with Crippen LogP contribution in [0.15, 0.2) is 29.4 Å². The zero-order valence-corrected chi connectivity index (χ0v) is 9.29. The highest BCUT2D eigenvalue weighted by Gasteiger charge is 2.36. The quantitative estimate of drug-likeness (QED) is 0.779. The lowest BCUT2D eigenvalue weighted by molar-refractivity contribution is -0.157. The molecule has 1 heterocycles. The molecule has 0 aromatic heterocycles. The maximum Gasteiger partial charge on any atom is 0.392 e. The number of rotatable bonds is 2. The Hall–Kier alpha value is -1.52. The van der Waals surface area contributed by atoms with Gasteiger partial charge in [-0.3, -0.25) is 0 Å². The molecular weight excluding hydrogens is 231 g/mol. The van der Waals surface area contributed by atoms with Gasteiger partial charge in [-0.1, -0.05) is 35.0 Å². The van der Waals surface area contributed by atoms with Crippen molar-refractivity contribution in [3.63, 3.8) is 0 Å². The fourth-order valence-electron chi connectivity index (χ4n) is 1.71. The summed E-state index contributed by atoms with van der Waals surface area (Å²) in [5.74, 6) is 0. The van der Waals surface area contributed by atoms with Gasteiger partial charge in [0.2, 0.25) is 0 Å². The molecule has 0 bridgehead atoms. The number of oxime groups is 1. The largest absolute Gasteiger partial charge is 0.392 e. The summed E-state index contributed by atoms with van der Waals surface area (Å²) in [7, 11) is 0. The molecule has 1 aliphatic rings. The van der Waals surface area contributed by atoms with Crippen LogP contribution in [0.1, 0.15) is 24.0 Å². The smallest absolute Gasteiger partial charge is 0.391 e. The van der Waals surface area contributed by atoms with Gasteiger partial charge in [0.05, 0.1) is 12.1 Å². The summed E-state index contributed by atoms with van der Waals surface area (Å²) in [6, 6.07) is 7.48. The third-order valence-corrected chi connectivity index (χ3v) is 2.58. The molecule has 2 rings (SSSR count). The molecule has 0 saturated carbocycles. The van der Waals surface area contributed by atoms with Crippen molar-refractivity contribution < 1.29 is 18.0 Å². The Morgan fingerprint density at radius 2 is 1.94 bits per heavy atom. The van der Waals surface area contributed by atoms with Gasteiger partial charge < -0.3 is 4.84 Å². The van der Waals surface area contributed by atoms with Gasteiger partial charge in [0.1, 0.15) is 6.10 Å². The van der Waals surface area contributed by atoms with E-state index in [1.165, 1.54) is 0 Å². The van der Waals surface area contributed by atoms with Crippen molar-refractivity contribution in [3.8, 4) is 0 Å². The van der Waals surface area contributed by atoms with E-state index in [0.29, 0.717) is 5.71 Å². The Labute approximate surface area is 97.1 Å². The number of halogens is 3. The molecule has 0 aliphatic carbocycles. The number of nitrogens with zero attached hydrogens (tertiary/aromatic N) is 1. The normalized spacial score (nSPS) is 20.0. The van der Waals surface area contributed by atoms with Gasteiger partial charge in [-0.2, -0.15) is 13.2 Å². The van der Waals surface area contributed by atoms with Crippen molar-refractivity contribution in [1.82, 2.24) is 0 Å². The topological polar surface area (TPSA) is 21.6 Å². The van der Waals surface area contributed by atoms with Crippen molar-refractivity contribution in [2.24, 2.45) is 5.16 Å². The van der Waals surface area contributed by atoms with Crippen LogP contribution in [0, 0.1) is 6.92 Å². The second kappa shape index (κ2) is 4.39. The van der Waals surface area contributed by atoms with Gasteiger partial charge in [-0.05, 0) is 12.5 Å². The van der Waals surface area contributed by atoms with Gasteiger partial charge in [-0.25, -0.2) is 0 Å². The van der Waals surface area contributed by atoms with E-state index in [2.05, 4.69) is 5.16 Å². The maximum atomic E-state index is 12.2. The summed E-state index contributed by atoms with van der Waals surface area (Å²) >= 11 is 0. The van der Waals surface area contributed by atoms with Crippen LogP contribution in [0.4, 0.5) is 13.2 Å². The molecule has 1 aromatic carbocycles. The summed E-state index contributed by atoms with van der Waals surface area (Å²) in [6.07, 6.45) is -5.83. The molecule has 0 N–H and O–H groups in total.